The van der Waals surface area contributed by atoms with Gasteiger partial charge in [-0.3, -0.25) is 9.59 Å². The summed E-state index contributed by atoms with van der Waals surface area (Å²) >= 11 is 12.2. The number of hydrogen-bond acceptors (Lipinski definition) is 5. The van der Waals surface area contributed by atoms with Crippen molar-refractivity contribution in [1.82, 2.24) is 9.97 Å². The van der Waals surface area contributed by atoms with Crippen molar-refractivity contribution in [3.8, 4) is 0 Å². The third kappa shape index (κ3) is 4.18. The number of nitrogens with zero attached hydrogens (tertiary/aromatic N) is 2. The smallest absolute Gasteiger partial charge is 0.311 e. The van der Waals surface area contributed by atoms with Gasteiger partial charge in [0.1, 0.15) is 6.33 Å². The van der Waals surface area contributed by atoms with Crippen LogP contribution in [0.15, 0.2) is 42.7 Å². The summed E-state index contributed by atoms with van der Waals surface area (Å²) in [6.07, 6.45) is 1.36. The normalized spacial score (nSPS) is 10.6. The predicted molar refractivity (Wildman–Crippen MR) is 104 cm³/mol. The van der Waals surface area contributed by atoms with Gasteiger partial charge in [-0.1, -0.05) is 41.4 Å². The molecule has 0 atom stereocenters. The third-order valence-corrected chi connectivity index (χ3v) is 4.43. The number of hydrogen-bond donors (Lipinski definition) is 1. The lowest BCUT2D eigenvalue weighted by Crippen LogP contribution is -2.14. The molecule has 0 spiro atoms. The Morgan fingerprint density at radius 1 is 1.07 bits per heavy atom. The molecule has 0 radical (unpaired) electrons. The number of carbonyl (C=O) groups is 2. The first-order valence-electron chi connectivity index (χ1n) is 8.14. The highest BCUT2D eigenvalue weighted by Crippen LogP contribution is 2.28. The summed E-state index contributed by atoms with van der Waals surface area (Å²) in [5.74, 6) is -0.835. The van der Waals surface area contributed by atoms with Crippen LogP contribution in [0.25, 0.3) is 10.9 Å². The fourth-order valence-corrected chi connectivity index (χ4v) is 3.20. The lowest BCUT2D eigenvalue weighted by atomic mass is 10.1. The SMILES string of the molecule is CCOC(=O)Cc1ncnc2c(NC(=O)c3c(Cl)cccc3Cl)cccc12. The van der Waals surface area contributed by atoms with Gasteiger partial charge < -0.3 is 10.1 Å². The van der Waals surface area contributed by atoms with Crippen LogP contribution in [0, 0.1) is 0 Å². The van der Waals surface area contributed by atoms with E-state index in [1.54, 1.807) is 43.3 Å². The summed E-state index contributed by atoms with van der Waals surface area (Å²) < 4.78 is 4.98. The second-order valence-electron chi connectivity index (χ2n) is 5.55. The van der Waals surface area contributed by atoms with E-state index in [-0.39, 0.29) is 28.0 Å². The molecule has 6 nitrogen and oxygen atoms in total. The molecule has 0 fully saturated rings. The maximum atomic E-state index is 12.6. The maximum absolute atomic E-state index is 12.6. The first-order valence-corrected chi connectivity index (χ1v) is 8.90. The lowest BCUT2D eigenvalue weighted by molar-refractivity contribution is -0.142. The van der Waals surface area contributed by atoms with E-state index in [0.29, 0.717) is 28.9 Å². The van der Waals surface area contributed by atoms with Crippen molar-refractivity contribution in [3.63, 3.8) is 0 Å². The van der Waals surface area contributed by atoms with Crippen molar-refractivity contribution in [1.29, 1.82) is 0 Å². The number of benzene rings is 2. The Kier molecular flexibility index (Phi) is 5.88. The summed E-state index contributed by atoms with van der Waals surface area (Å²) in [5, 5.41) is 3.92. The van der Waals surface area contributed by atoms with E-state index in [2.05, 4.69) is 15.3 Å². The van der Waals surface area contributed by atoms with E-state index in [0.717, 1.165) is 0 Å². The summed E-state index contributed by atoms with van der Waals surface area (Å²) in [6, 6.07) is 10.1. The summed E-state index contributed by atoms with van der Waals surface area (Å²) in [4.78, 5) is 32.9. The van der Waals surface area contributed by atoms with Crippen LogP contribution >= 0.6 is 23.2 Å². The highest BCUT2D eigenvalue weighted by atomic mass is 35.5. The van der Waals surface area contributed by atoms with Crippen LogP contribution in [0.1, 0.15) is 23.0 Å². The number of aromatic nitrogens is 2. The Bertz CT molecular complexity index is 1000. The second-order valence-corrected chi connectivity index (χ2v) is 6.37. The summed E-state index contributed by atoms with van der Waals surface area (Å²) in [7, 11) is 0. The van der Waals surface area contributed by atoms with E-state index in [1.807, 2.05) is 0 Å². The number of anilines is 1. The molecular formula is C19H15Cl2N3O3. The first-order chi connectivity index (χ1) is 13.0. The van der Waals surface area contributed by atoms with Crippen LogP contribution in [0.2, 0.25) is 10.0 Å². The molecule has 0 saturated carbocycles. The van der Waals surface area contributed by atoms with Crippen molar-refractivity contribution in [2.24, 2.45) is 0 Å². The zero-order valence-corrected chi connectivity index (χ0v) is 15.8. The van der Waals surface area contributed by atoms with E-state index >= 15 is 0 Å². The topological polar surface area (TPSA) is 81.2 Å². The Morgan fingerprint density at radius 3 is 2.48 bits per heavy atom. The van der Waals surface area contributed by atoms with Crippen molar-refractivity contribution < 1.29 is 14.3 Å². The molecule has 27 heavy (non-hydrogen) atoms. The van der Waals surface area contributed by atoms with Crippen LogP contribution in [-0.4, -0.2) is 28.5 Å². The predicted octanol–water partition coefficient (Wildman–Crippen LogP) is 4.29. The number of amides is 1. The molecule has 138 valence electrons. The summed E-state index contributed by atoms with van der Waals surface area (Å²) in [5.41, 5.74) is 1.66. The molecular weight excluding hydrogens is 389 g/mol. The fourth-order valence-electron chi connectivity index (χ4n) is 2.63. The van der Waals surface area contributed by atoms with Crippen LogP contribution in [-0.2, 0) is 16.0 Å². The average Bonchev–Trinajstić information content (AvgIpc) is 2.62. The van der Waals surface area contributed by atoms with Crippen molar-refractivity contribution in [2.75, 3.05) is 11.9 Å². The zero-order valence-electron chi connectivity index (χ0n) is 14.3. The number of ether oxygens (including phenoxy) is 1. The molecule has 1 heterocycles. The third-order valence-electron chi connectivity index (χ3n) is 3.80. The fraction of sp³-hybridized carbons (Fsp3) is 0.158. The molecule has 3 rings (SSSR count). The molecule has 1 aromatic heterocycles. The van der Waals surface area contributed by atoms with E-state index < -0.39 is 5.91 Å². The number of rotatable bonds is 5. The Hall–Kier alpha value is -2.70. The first kappa shape index (κ1) is 19.1. The minimum atomic E-state index is -0.455. The summed E-state index contributed by atoms with van der Waals surface area (Å²) in [6.45, 7) is 2.03. The van der Waals surface area contributed by atoms with Crippen LogP contribution in [0.3, 0.4) is 0 Å². The molecule has 0 aliphatic rings. The van der Waals surface area contributed by atoms with Gasteiger partial charge in [0.15, 0.2) is 0 Å². The van der Waals surface area contributed by atoms with Gasteiger partial charge in [-0.25, -0.2) is 9.97 Å². The van der Waals surface area contributed by atoms with Gasteiger partial charge in [0, 0.05) is 5.39 Å². The molecule has 0 saturated heterocycles. The number of halogens is 2. The van der Waals surface area contributed by atoms with E-state index in [1.165, 1.54) is 6.33 Å². The Morgan fingerprint density at radius 2 is 1.78 bits per heavy atom. The Labute approximate surface area is 165 Å². The molecule has 2 aromatic carbocycles. The number of fused-ring (bicyclic) bond motifs is 1. The molecule has 0 aliphatic heterocycles. The molecule has 1 N–H and O–H groups in total. The number of nitrogens with one attached hydrogen (secondary N) is 1. The molecule has 0 bridgehead atoms. The molecule has 8 heteroatoms. The zero-order chi connectivity index (χ0) is 19.4. The molecule has 0 unspecified atom stereocenters. The number of esters is 1. The van der Waals surface area contributed by atoms with Gasteiger partial charge in [0.2, 0.25) is 0 Å². The van der Waals surface area contributed by atoms with E-state index in [9.17, 15) is 9.59 Å². The van der Waals surface area contributed by atoms with Gasteiger partial charge in [0.25, 0.3) is 5.91 Å². The van der Waals surface area contributed by atoms with Crippen molar-refractivity contribution in [2.45, 2.75) is 13.3 Å². The quantitative estimate of drug-likeness (QED) is 0.642. The average molecular weight is 404 g/mol. The molecule has 1 amide bonds. The second kappa shape index (κ2) is 8.33. The number of carbonyl (C=O) groups excluding carboxylic acids is 2. The highest BCUT2D eigenvalue weighted by molar-refractivity contribution is 6.40. The van der Waals surface area contributed by atoms with E-state index in [4.69, 9.17) is 27.9 Å². The van der Waals surface area contributed by atoms with Crippen LogP contribution in [0.4, 0.5) is 5.69 Å². The lowest BCUT2D eigenvalue weighted by Gasteiger charge is -2.11. The van der Waals surface area contributed by atoms with Gasteiger partial charge in [-0.15, -0.1) is 0 Å². The van der Waals surface area contributed by atoms with Crippen LogP contribution < -0.4 is 5.32 Å². The minimum Gasteiger partial charge on any atom is -0.466 e. The maximum Gasteiger partial charge on any atom is 0.311 e. The van der Waals surface area contributed by atoms with Crippen molar-refractivity contribution in [3.05, 3.63) is 64.0 Å². The van der Waals surface area contributed by atoms with Crippen molar-refractivity contribution >= 4 is 51.7 Å². The number of para-hydroxylation sites is 1. The Balaban J connectivity index is 1.96. The minimum absolute atomic E-state index is 0.0145. The monoisotopic (exact) mass is 403 g/mol. The van der Waals surface area contributed by atoms with Gasteiger partial charge >= 0.3 is 5.97 Å². The molecule has 0 aliphatic carbocycles. The van der Waals surface area contributed by atoms with Gasteiger partial charge in [-0.2, -0.15) is 0 Å². The van der Waals surface area contributed by atoms with Gasteiger partial charge in [0.05, 0.1) is 45.5 Å². The van der Waals surface area contributed by atoms with Gasteiger partial charge in [-0.05, 0) is 25.1 Å². The standard InChI is InChI=1S/C19H15Cl2N3O3/c1-2-27-16(25)9-15-11-5-3-8-14(18(11)23-10-22-15)24-19(26)17-12(20)6-4-7-13(17)21/h3-8,10H,2,9H2,1H3,(H,24,26). The highest BCUT2D eigenvalue weighted by Gasteiger charge is 2.17. The molecule has 3 aromatic rings. The largest absolute Gasteiger partial charge is 0.466 e. The van der Waals surface area contributed by atoms with Crippen LogP contribution in [0.5, 0.6) is 0 Å².